The van der Waals surface area contributed by atoms with Gasteiger partial charge in [0.05, 0.1) is 12.3 Å². The Labute approximate surface area is 112 Å². The molecule has 1 aliphatic rings. The molecule has 0 spiro atoms. The van der Waals surface area contributed by atoms with Crippen LogP contribution in [0, 0.1) is 0 Å². The first-order chi connectivity index (χ1) is 9.03. The monoisotopic (exact) mass is 318 g/mol. The lowest BCUT2D eigenvalue weighted by Crippen LogP contribution is -2.59. The van der Waals surface area contributed by atoms with Gasteiger partial charge in [-0.1, -0.05) is 0 Å². The summed E-state index contributed by atoms with van der Waals surface area (Å²) in [6.07, 6.45) is -6.46. The third kappa shape index (κ3) is 4.63. The highest BCUT2D eigenvalue weighted by Gasteiger charge is 2.39. The number of nitrogens with zero attached hydrogens (tertiary/aromatic N) is 1. The molecule has 1 unspecified atom stereocenters. The fourth-order valence-electron chi connectivity index (χ4n) is 1.69. The predicted molar refractivity (Wildman–Crippen MR) is 60.2 cm³/mol. The smallest absolute Gasteiger partial charge is 0.389 e. The van der Waals surface area contributed by atoms with Gasteiger partial charge < -0.3 is 10.4 Å². The lowest BCUT2D eigenvalue weighted by atomic mass is 10.2. The summed E-state index contributed by atoms with van der Waals surface area (Å²) in [5, 5.41) is 11.1. The Balaban J connectivity index is 2.77. The van der Waals surface area contributed by atoms with Crippen LogP contribution in [0.4, 0.5) is 13.2 Å². The zero-order chi connectivity index (χ0) is 15.6. The highest BCUT2D eigenvalue weighted by atomic mass is 32.2. The van der Waals surface area contributed by atoms with Crippen molar-refractivity contribution in [1.82, 2.24) is 9.62 Å². The van der Waals surface area contributed by atoms with Crippen LogP contribution in [-0.2, 0) is 19.6 Å². The second-order valence-electron chi connectivity index (χ2n) is 4.24. The number of alkyl halides is 3. The van der Waals surface area contributed by atoms with Crippen molar-refractivity contribution < 1.29 is 36.3 Å². The Hall–Kier alpha value is -1.36. The number of aliphatic carboxylic acids is 1. The molecule has 1 saturated heterocycles. The molecule has 1 heterocycles. The summed E-state index contributed by atoms with van der Waals surface area (Å²) < 4.78 is 60.0. The largest absolute Gasteiger partial charge is 0.480 e. The number of halogens is 3. The number of carbonyl (C=O) groups is 2. The maximum Gasteiger partial charge on any atom is 0.389 e. The lowest BCUT2D eigenvalue weighted by Gasteiger charge is -2.31. The Morgan fingerprint density at radius 1 is 1.45 bits per heavy atom. The first kappa shape index (κ1) is 16.7. The van der Waals surface area contributed by atoms with Crippen LogP contribution >= 0.6 is 0 Å². The first-order valence-electron chi connectivity index (χ1n) is 5.59. The van der Waals surface area contributed by atoms with Crippen LogP contribution in [0.3, 0.4) is 0 Å². The molecule has 1 aliphatic heterocycles. The van der Waals surface area contributed by atoms with Crippen LogP contribution in [0.1, 0.15) is 12.8 Å². The molecule has 0 saturated carbocycles. The Morgan fingerprint density at radius 2 is 2.05 bits per heavy atom. The number of hydrogen-bond acceptors (Lipinski definition) is 4. The van der Waals surface area contributed by atoms with Crippen molar-refractivity contribution in [3.63, 3.8) is 0 Å². The zero-order valence-corrected chi connectivity index (χ0v) is 11.0. The molecule has 0 radical (unpaired) electrons. The van der Waals surface area contributed by atoms with E-state index in [1.54, 1.807) is 0 Å². The van der Waals surface area contributed by atoms with E-state index in [2.05, 4.69) is 5.32 Å². The van der Waals surface area contributed by atoms with E-state index >= 15 is 0 Å². The second-order valence-corrected chi connectivity index (χ2v) is 6.28. The van der Waals surface area contributed by atoms with E-state index in [-0.39, 0.29) is 0 Å². The number of carbonyl (C=O) groups excluding carboxylic acids is 1. The molecule has 1 atom stereocenters. The van der Waals surface area contributed by atoms with Gasteiger partial charge in [-0.25, -0.2) is 8.42 Å². The van der Waals surface area contributed by atoms with Crippen LogP contribution in [0.25, 0.3) is 0 Å². The number of carboxylic acids is 1. The quantitative estimate of drug-likeness (QED) is 0.714. The molecule has 0 bridgehead atoms. The predicted octanol–water partition coefficient (Wildman–Crippen LogP) is -0.456. The van der Waals surface area contributed by atoms with Gasteiger partial charge in [-0.3, -0.25) is 9.59 Å². The fourth-order valence-corrected chi connectivity index (χ4v) is 3.30. The Morgan fingerprint density at radius 3 is 2.55 bits per heavy atom. The number of nitrogens with one attached hydrogen (secondary N) is 1. The number of piperazine rings is 1. The van der Waals surface area contributed by atoms with Crippen molar-refractivity contribution in [3.05, 3.63) is 0 Å². The van der Waals surface area contributed by atoms with Crippen molar-refractivity contribution in [2.24, 2.45) is 0 Å². The highest BCUT2D eigenvalue weighted by molar-refractivity contribution is 7.89. The minimum Gasteiger partial charge on any atom is -0.480 e. The molecule has 116 valence electrons. The molecule has 0 aliphatic carbocycles. The molecule has 11 heteroatoms. The van der Waals surface area contributed by atoms with E-state index < -0.39 is 65.8 Å². The SMILES string of the molecule is O=C1CN(S(=O)(=O)CCCC(F)(F)F)C(C(=O)O)CN1. The molecule has 7 nitrogen and oxygen atoms in total. The van der Waals surface area contributed by atoms with Gasteiger partial charge in [-0.15, -0.1) is 0 Å². The summed E-state index contributed by atoms with van der Waals surface area (Å²) in [5.41, 5.74) is 0. The number of hydrogen-bond donors (Lipinski definition) is 2. The molecular formula is C9H13F3N2O5S. The van der Waals surface area contributed by atoms with Gasteiger partial charge >= 0.3 is 12.1 Å². The molecule has 0 aromatic heterocycles. The third-order valence-corrected chi connectivity index (χ3v) is 4.55. The minimum absolute atomic E-state index is 0.410. The first-order valence-corrected chi connectivity index (χ1v) is 7.19. The molecule has 0 aromatic rings. The van der Waals surface area contributed by atoms with Crippen molar-refractivity contribution in [1.29, 1.82) is 0 Å². The van der Waals surface area contributed by atoms with Crippen molar-refractivity contribution in [3.8, 4) is 0 Å². The number of amides is 1. The molecule has 1 fully saturated rings. The van der Waals surface area contributed by atoms with Crippen LogP contribution < -0.4 is 5.32 Å². The van der Waals surface area contributed by atoms with E-state index in [4.69, 9.17) is 5.11 Å². The highest BCUT2D eigenvalue weighted by Crippen LogP contribution is 2.22. The summed E-state index contributed by atoms with van der Waals surface area (Å²) in [6.45, 7) is -1.11. The lowest BCUT2D eigenvalue weighted by molar-refractivity contribution is -0.143. The van der Waals surface area contributed by atoms with Crippen LogP contribution in [0.15, 0.2) is 0 Å². The van der Waals surface area contributed by atoms with Crippen molar-refractivity contribution in [2.75, 3.05) is 18.8 Å². The molecule has 1 amide bonds. The number of sulfonamides is 1. The summed E-state index contributed by atoms with van der Waals surface area (Å²) in [4.78, 5) is 22.0. The zero-order valence-electron chi connectivity index (χ0n) is 10.2. The molecule has 1 rings (SSSR count). The van der Waals surface area contributed by atoms with Gasteiger partial charge in [-0.2, -0.15) is 17.5 Å². The van der Waals surface area contributed by atoms with E-state index in [0.29, 0.717) is 4.31 Å². The molecule has 2 N–H and O–H groups in total. The summed E-state index contributed by atoms with van der Waals surface area (Å²) in [6, 6.07) is -1.50. The van der Waals surface area contributed by atoms with E-state index in [1.165, 1.54) is 0 Å². The van der Waals surface area contributed by atoms with Gasteiger partial charge in [0.25, 0.3) is 0 Å². The van der Waals surface area contributed by atoms with Crippen LogP contribution in [0.2, 0.25) is 0 Å². The van der Waals surface area contributed by atoms with E-state index in [9.17, 15) is 31.2 Å². The average molecular weight is 318 g/mol. The molecule has 0 aromatic carbocycles. The number of rotatable bonds is 5. The Kier molecular flexibility index (Phi) is 4.97. The second kappa shape index (κ2) is 5.95. The standard InChI is InChI=1S/C9H13F3N2O5S/c10-9(11,12)2-1-3-20(18,19)14-5-7(15)13-4-6(14)8(16)17/h6H,1-5H2,(H,13,15)(H,16,17). The molecule has 20 heavy (non-hydrogen) atoms. The maximum atomic E-state index is 12.0. The fraction of sp³-hybridized carbons (Fsp3) is 0.778. The van der Waals surface area contributed by atoms with Crippen molar-refractivity contribution in [2.45, 2.75) is 25.1 Å². The summed E-state index contributed by atoms with van der Waals surface area (Å²) >= 11 is 0. The number of carboxylic acid groups (broad SMARTS) is 1. The summed E-state index contributed by atoms with van der Waals surface area (Å²) in [5.74, 6) is -3.02. The average Bonchev–Trinajstić information content (AvgIpc) is 2.26. The van der Waals surface area contributed by atoms with E-state index in [1.807, 2.05) is 0 Å². The minimum atomic E-state index is -4.49. The Bertz CT molecular complexity index is 490. The van der Waals surface area contributed by atoms with Gasteiger partial charge in [0.15, 0.2) is 0 Å². The van der Waals surface area contributed by atoms with Crippen LogP contribution in [0.5, 0.6) is 0 Å². The van der Waals surface area contributed by atoms with Gasteiger partial charge in [0.2, 0.25) is 15.9 Å². The maximum absolute atomic E-state index is 12.0. The van der Waals surface area contributed by atoms with Gasteiger partial charge in [-0.05, 0) is 6.42 Å². The molecular weight excluding hydrogens is 305 g/mol. The third-order valence-electron chi connectivity index (χ3n) is 2.64. The van der Waals surface area contributed by atoms with Gasteiger partial charge in [0.1, 0.15) is 6.04 Å². The van der Waals surface area contributed by atoms with Gasteiger partial charge in [0, 0.05) is 13.0 Å². The van der Waals surface area contributed by atoms with Crippen molar-refractivity contribution >= 4 is 21.9 Å². The normalized spacial score (nSPS) is 21.6. The van der Waals surface area contributed by atoms with Crippen LogP contribution in [-0.4, -0.2) is 60.8 Å². The topological polar surface area (TPSA) is 104 Å². The van der Waals surface area contributed by atoms with E-state index in [0.717, 1.165) is 0 Å². The summed E-state index contributed by atoms with van der Waals surface area (Å²) in [7, 11) is -4.24.